The number of hydrogen-bond donors (Lipinski definition) is 3. The standard InChI is InChI=1S/C13H19NO4/c1-13(2,17)18-8-11(15)7-12(16)9-3-5-10(14)6-4-9/h3-6,12,16-17H,7-8,14H2,1-2H3. The van der Waals surface area contributed by atoms with Crippen molar-refractivity contribution in [1.29, 1.82) is 0 Å². The molecule has 1 unspecified atom stereocenters. The lowest BCUT2D eigenvalue weighted by atomic mass is 10.0. The molecule has 0 aliphatic carbocycles. The van der Waals surface area contributed by atoms with Gasteiger partial charge in [-0.05, 0) is 31.5 Å². The second kappa shape index (κ2) is 5.95. The van der Waals surface area contributed by atoms with E-state index in [4.69, 9.17) is 10.5 Å². The third kappa shape index (κ3) is 5.27. The highest BCUT2D eigenvalue weighted by Crippen LogP contribution is 2.18. The molecule has 1 aromatic rings. The number of benzene rings is 1. The van der Waals surface area contributed by atoms with Crippen molar-refractivity contribution in [1.82, 2.24) is 0 Å². The first-order valence-corrected chi connectivity index (χ1v) is 5.69. The first-order valence-electron chi connectivity index (χ1n) is 5.69. The second-order valence-electron chi connectivity index (χ2n) is 4.66. The average molecular weight is 253 g/mol. The third-order valence-electron chi connectivity index (χ3n) is 2.33. The summed E-state index contributed by atoms with van der Waals surface area (Å²) in [6.45, 7) is 2.66. The van der Waals surface area contributed by atoms with Gasteiger partial charge in [-0.15, -0.1) is 0 Å². The Morgan fingerprint density at radius 3 is 2.44 bits per heavy atom. The molecule has 100 valence electrons. The predicted molar refractivity (Wildman–Crippen MR) is 67.7 cm³/mol. The molecule has 5 heteroatoms. The van der Waals surface area contributed by atoms with E-state index in [2.05, 4.69) is 0 Å². The quantitative estimate of drug-likeness (QED) is 0.519. The van der Waals surface area contributed by atoms with Crippen LogP contribution in [0.2, 0.25) is 0 Å². The molecule has 0 bridgehead atoms. The fourth-order valence-electron chi connectivity index (χ4n) is 1.37. The Morgan fingerprint density at radius 2 is 1.94 bits per heavy atom. The van der Waals surface area contributed by atoms with E-state index < -0.39 is 11.9 Å². The van der Waals surface area contributed by atoms with Crippen LogP contribution in [0.3, 0.4) is 0 Å². The van der Waals surface area contributed by atoms with E-state index in [-0.39, 0.29) is 18.8 Å². The Bertz CT molecular complexity index is 394. The van der Waals surface area contributed by atoms with Gasteiger partial charge in [0.05, 0.1) is 6.10 Å². The molecule has 1 aromatic carbocycles. The topological polar surface area (TPSA) is 92.8 Å². The fourth-order valence-corrected chi connectivity index (χ4v) is 1.37. The molecule has 0 amide bonds. The van der Waals surface area contributed by atoms with Crippen molar-refractivity contribution in [2.75, 3.05) is 12.3 Å². The summed E-state index contributed by atoms with van der Waals surface area (Å²) in [5.74, 6) is -1.62. The fraction of sp³-hybridized carbons (Fsp3) is 0.462. The minimum Gasteiger partial charge on any atom is -0.399 e. The van der Waals surface area contributed by atoms with Gasteiger partial charge in [0.25, 0.3) is 0 Å². The summed E-state index contributed by atoms with van der Waals surface area (Å²) in [5, 5.41) is 19.1. The van der Waals surface area contributed by atoms with Crippen LogP contribution in [0.1, 0.15) is 31.9 Å². The molecule has 0 saturated carbocycles. The van der Waals surface area contributed by atoms with Crippen molar-refractivity contribution < 1.29 is 19.7 Å². The van der Waals surface area contributed by atoms with Crippen molar-refractivity contribution in [2.45, 2.75) is 32.2 Å². The van der Waals surface area contributed by atoms with Gasteiger partial charge in [0.2, 0.25) is 0 Å². The number of anilines is 1. The number of carbonyl (C=O) groups excluding carboxylic acids is 1. The number of ether oxygens (including phenoxy) is 1. The lowest BCUT2D eigenvalue weighted by molar-refractivity contribution is -0.181. The van der Waals surface area contributed by atoms with Crippen LogP contribution in [0.4, 0.5) is 5.69 Å². The minimum absolute atomic E-state index is 0.0556. The molecule has 0 aliphatic heterocycles. The van der Waals surface area contributed by atoms with Gasteiger partial charge in [0.1, 0.15) is 6.61 Å². The summed E-state index contributed by atoms with van der Waals surface area (Å²) in [4.78, 5) is 11.5. The van der Waals surface area contributed by atoms with Crippen molar-refractivity contribution in [3.05, 3.63) is 29.8 Å². The first-order chi connectivity index (χ1) is 8.28. The zero-order valence-corrected chi connectivity index (χ0v) is 10.6. The lowest BCUT2D eigenvalue weighted by Crippen LogP contribution is -2.27. The zero-order chi connectivity index (χ0) is 13.8. The van der Waals surface area contributed by atoms with Gasteiger partial charge in [-0.3, -0.25) is 4.79 Å². The first kappa shape index (κ1) is 14.6. The number of rotatable bonds is 6. The van der Waals surface area contributed by atoms with Crippen LogP contribution in [-0.2, 0) is 9.53 Å². The molecule has 0 fully saturated rings. The summed E-state index contributed by atoms with van der Waals surface area (Å²) in [6, 6.07) is 6.67. The maximum atomic E-state index is 11.5. The Labute approximate surface area is 106 Å². The van der Waals surface area contributed by atoms with Gasteiger partial charge >= 0.3 is 0 Å². The van der Waals surface area contributed by atoms with Crippen LogP contribution in [0, 0.1) is 0 Å². The number of aliphatic hydroxyl groups is 2. The smallest absolute Gasteiger partial charge is 0.161 e. The number of nitrogens with two attached hydrogens (primary N) is 1. The molecule has 0 aromatic heterocycles. The lowest BCUT2D eigenvalue weighted by Gasteiger charge is -2.18. The van der Waals surface area contributed by atoms with E-state index in [0.717, 1.165) is 0 Å². The zero-order valence-electron chi connectivity index (χ0n) is 10.6. The highest BCUT2D eigenvalue weighted by Gasteiger charge is 2.17. The molecule has 4 N–H and O–H groups in total. The van der Waals surface area contributed by atoms with Gasteiger partial charge in [0, 0.05) is 12.1 Å². The summed E-state index contributed by atoms with van der Waals surface area (Å²) in [6.07, 6.45) is -0.941. The number of Topliss-reactive ketones (excluding diaryl/α,β-unsaturated/α-hetero) is 1. The third-order valence-corrected chi connectivity index (χ3v) is 2.33. The largest absolute Gasteiger partial charge is 0.399 e. The van der Waals surface area contributed by atoms with Crippen molar-refractivity contribution >= 4 is 11.5 Å². The van der Waals surface area contributed by atoms with Crippen molar-refractivity contribution in [3.8, 4) is 0 Å². The van der Waals surface area contributed by atoms with Gasteiger partial charge < -0.3 is 20.7 Å². The Kier molecular flexibility index (Phi) is 4.84. The van der Waals surface area contributed by atoms with Crippen LogP contribution in [0.15, 0.2) is 24.3 Å². The SMILES string of the molecule is CC(C)(O)OCC(=O)CC(O)c1ccc(N)cc1. The summed E-state index contributed by atoms with van der Waals surface area (Å²) < 4.78 is 4.92. The number of carbonyl (C=O) groups is 1. The van der Waals surface area contributed by atoms with Crippen LogP contribution in [-0.4, -0.2) is 28.4 Å². The predicted octanol–water partition coefficient (Wildman–Crippen LogP) is 1.01. The number of aliphatic hydroxyl groups excluding tert-OH is 1. The van der Waals surface area contributed by atoms with Crippen LogP contribution >= 0.6 is 0 Å². The van der Waals surface area contributed by atoms with Crippen molar-refractivity contribution in [2.24, 2.45) is 0 Å². The van der Waals surface area contributed by atoms with E-state index in [0.29, 0.717) is 11.3 Å². The number of ketones is 1. The van der Waals surface area contributed by atoms with Crippen LogP contribution < -0.4 is 5.73 Å². The highest BCUT2D eigenvalue weighted by molar-refractivity contribution is 5.80. The highest BCUT2D eigenvalue weighted by atomic mass is 16.6. The molecule has 0 heterocycles. The van der Waals surface area contributed by atoms with E-state index >= 15 is 0 Å². The van der Waals surface area contributed by atoms with Gasteiger partial charge in [-0.2, -0.15) is 0 Å². The van der Waals surface area contributed by atoms with Crippen LogP contribution in [0.25, 0.3) is 0 Å². The second-order valence-corrected chi connectivity index (χ2v) is 4.66. The molecular formula is C13H19NO4. The Morgan fingerprint density at radius 1 is 1.39 bits per heavy atom. The molecular weight excluding hydrogens is 234 g/mol. The maximum Gasteiger partial charge on any atom is 0.161 e. The van der Waals surface area contributed by atoms with Gasteiger partial charge in [0.15, 0.2) is 11.6 Å². The molecule has 5 nitrogen and oxygen atoms in total. The Balaban J connectivity index is 2.47. The number of nitrogen functional groups attached to an aromatic ring is 1. The van der Waals surface area contributed by atoms with Gasteiger partial charge in [-0.1, -0.05) is 12.1 Å². The average Bonchev–Trinajstić information content (AvgIpc) is 2.26. The molecule has 0 spiro atoms. The molecule has 1 rings (SSSR count). The molecule has 18 heavy (non-hydrogen) atoms. The summed E-state index contributed by atoms with van der Waals surface area (Å²) >= 11 is 0. The maximum absolute atomic E-state index is 11.5. The number of hydrogen-bond acceptors (Lipinski definition) is 5. The van der Waals surface area contributed by atoms with E-state index in [9.17, 15) is 15.0 Å². The van der Waals surface area contributed by atoms with Crippen molar-refractivity contribution in [3.63, 3.8) is 0 Å². The van der Waals surface area contributed by atoms with Gasteiger partial charge in [-0.25, -0.2) is 0 Å². The summed E-state index contributed by atoms with van der Waals surface area (Å²) in [7, 11) is 0. The van der Waals surface area contributed by atoms with E-state index in [1.165, 1.54) is 13.8 Å². The van der Waals surface area contributed by atoms with E-state index in [1.807, 2.05) is 0 Å². The monoisotopic (exact) mass is 253 g/mol. The molecule has 0 radical (unpaired) electrons. The van der Waals surface area contributed by atoms with E-state index in [1.54, 1.807) is 24.3 Å². The normalized spacial score (nSPS) is 13.3. The minimum atomic E-state index is -1.35. The molecule has 1 atom stereocenters. The molecule has 0 aliphatic rings. The van der Waals surface area contributed by atoms with Crippen LogP contribution in [0.5, 0.6) is 0 Å². The summed E-state index contributed by atoms with van der Waals surface area (Å²) in [5.41, 5.74) is 6.75. The Hall–Kier alpha value is -1.43. The molecule has 0 saturated heterocycles.